The summed E-state index contributed by atoms with van der Waals surface area (Å²) in [5.41, 5.74) is 5.96. The summed E-state index contributed by atoms with van der Waals surface area (Å²) in [5.74, 6) is -0.470. The highest BCUT2D eigenvalue weighted by Gasteiger charge is 2.44. The Labute approximate surface area is 114 Å². The fraction of sp³-hybridized carbons (Fsp3) is 0.818. The molecule has 2 atom stereocenters. The summed E-state index contributed by atoms with van der Waals surface area (Å²) in [6, 6.07) is 0.0650. The monoisotopic (exact) mass is 286 g/mol. The molecule has 2 aliphatic rings. The highest BCUT2D eigenvalue weighted by molar-refractivity contribution is 7.99. The van der Waals surface area contributed by atoms with Crippen LogP contribution in [0.5, 0.6) is 0 Å². The Bertz CT molecular complexity index is 508. The van der Waals surface area contributed by atoms with E-state index in [1.54, 1.807) is 7.05 Å². The number of aromatic nitrogens is 3. The van der Waals surface area contributed by atoms with Gasteiger partial charge in [0.2, 0.25) is 0 Å². The summed E-state index contributed by atoms with van der Waals surface area (Å²) in [5, 5.41) is 7.24. The molecule has 3 N–H and O–H groups in total. The van der Waals surface area contributed by atoms with Gasteiger partial charge in [0.15, 0.2) is 10.9 Å². The SMILES string of the molecule is Cn1c(SC2CC3(CCC2N)OCCO3)n[nH]c1=O. The van der Waals surface area contributed by atoms with Gasteiger partial charge in [-0.2, -0.15) is 0 Å². The van der Waals surface area contributed by atoms with Gasteiger partial charge in [0.25, 0.3) is 0 Å². The third kappa shape index (κ3) is 2.45. The first-order valence-corrected chi connectivity index (χ1v) is 7.29. The Hall–Kier alpha value is -0.830. The number of nitrogens with zero attached hydrogens (tertiary/aromatic N) is 2. The van der Waals surface area contributed by atoms with Crippen LogP contribution in [0.4, 0.5) is 0 Å². The van der Waals surface area contributed by atoms with E-state index in [2.05, 4.69) is 10.2 Å². The van der Waals surface area contributed by atoms with Crippen molar-refractivity contribution in [3.63, 3.8) is 0 Å². The molecule has 0 aromatic carbocycles. The van der Waals surface area contributed by atoms with Crippen LogP contribution in [0.3, 0.4) is 0 Å². The average Bonchev–Trinajstić information content (AvgIpc) is 2.97. The molecule has 1 aliphatic heterocycles. The smallest absolute Gasteiger partial charge is 0.343 e. The van der Waals surface area contributed by atoms with Crippen LogP contribution in [0.1, 0.15) is 19.3 Å². The van der Waals surface area contributed by atoms with Crippen LogP contribution < -0.4 is 11.4 Å². The van der Waals surface area contributed by atoms with E-state index in [9.17, 15) is 4.79 Å². The fourth-order valence-electron chi connectivity index (χ4n) is 2.59. The topological polar surface area (TPSA) is 95.2 Å². The Morgan fingerprint density at radius 3 is 2.89 bits per heavy atom. The molecule has 1 saturated heterocycles. The Balaban J connectivity index is 1.75. The lowest BCUT2D eigenvalue weighted by atomic mass is 9.90. The number of hydrogen-bond donors (Lipinski definition) is 2. The molecule has 2 fully saturated rings. The number of nitrogens with two attached hydrogens (primary N) is 1. The molecular weight excluding hydrogens is 268 g/mol. The van der Waals surface area contributed by atoms with Crippen molar-refractivity contribution >= 4 is 11.8 Å². The highest BCUT2D eigenvalue weighted by atomic mass is 32.2. The van der Waals surface area contributed by atoms with Crippen molar-refractivity contribution in [3.8, 4) is 0 Å². The number of hydrogen-bond acceptors (Lipinski definition) is 6. The number of H-pyrrole nitrogens is 1. The van der Waals surface area contributed by atoms with Crippen molar-refractivity contribution in [1.29, 1.82) is 0 Å². The van der Waals surface area contributed by atoms with Gasteiger partial charge >= 0.3 is 5.69 Å². The zero-order valence-electron chi connectivity index (χ0n) is 10.8. The van der Waals surface area contributed by atoms with Gasteiger partial charge < -0.3 is 15.2 Å². The Morgan fingerprint density at radius 2 is 2.26 bits per heavy atom. The molecule has 0 radical (unpaired) electrons. The number of nitrogens with one attached hydrogen (secondary N) is 1. The molecule has 1 spiro atoms. The molecule has 1 aromatic heterocycles. The maximum absolute atomic E-state index is 11.4. The molecule has 3 rings (SSSR count). The summed E-state index contributed by atoms with van der Waals surface area (Å²) in [7, 11) is 1.70. The van der Waals surface area contributed by atoms with Gasteiger partial charge in [-0.1, -0.05) is 11.8 Å². The highest BCUT2D eigenvalue weighted by Crippen LogP contribution is 2.41. The van der Waals surface area contributed by atoms with Gasteiger partial charge in [-0.05, 0) is 6.42 Å². The van der Waals surface area contributed by atoms with E-state index in [1.165, 1.54) is 16.3 Å². The summed E-state index contributed by atoms with van der Waals surface area (Å²) in [6.07, 6.45) is 2.43. The second kappa shape index (κ2) is 4.93. The lowest BCUT2D eigenvalue weighted by Gasteiger charge is -2.38. The van der Waals surface area contributed by atoms with E-state index < -0.39 is 5.79 Å². The van der Waals surface area contributed by atoms with E-state index in [1.807, 2.05) is 0 Å². The maximum Gasteiger partial charge on any atom is 0.343 e. The van der Waals surface area contributed by atoms with Gasteiger partial charge in [-0.15, -0.1) is 5.10 Å². The predicted octanol–water partition coefficient (Wildman–Crippen LogP) is -0.177. The molecule has 2 unspecified atom stereocenters. The molecule has 7 nitrogen and oxygen atoms in total. The van der Waals surface area contributed by atoms with Crippen molar-refractivity contribution in [2.45, 2.75) is 41.5 Å². The average molecular weight is 286 g/mol. The minimum absolute atomic E-state index is 0.0650. The molecular formula is C11H18N4O3S. The lowest BCUT2D eigenvalue weighted by Crippen LogP contribution is -2.47. The molecule has 8 heteroatoms. The van der Waals surface area contributed by atoms with Gasteiger partial charge in [0.05, 0.1) is 13.2 Å². The van der Waals surface area contributed by atoms with Gasteiger partial charge in [0, 0.05) is 31.2 Å². The Kier molecular flexibility index (Phi) is 3.42. The molecule has 19 heavy (non-hydrogen) atoms. The van der Waals surface area contributed by atoms with Crippen LogP contribution in [-0.4, -0.2) is 45.1 Å². The lowest BCUT2D eigenvalue weighted by molar-refractivity contribution is -0.176. The first kappa shape index (κ1) is 13.2. The summed E-state index contributed by atoms with van der Waals surface area (Å²) >= 11 is 1.52. The third-order valence-electron chi connectivity index (χ3n) is 3.76. The minimum atomic E-state index is -0.470. The van der Waals surface area contributed by atoms with E-state index in [0.717, 1.165) is 19.3 Å². The molecule has 2 heterocycles. The van der Waals surface area contributed by atoms with Crippen molar-refractivity contribution in [3.05, 3.63) is 10.5 Å². The number of thioether (sulfide) groups is 1. The molecule has 1 aliphatic carbocycles. The van der Waals surface area contributed by atoms with E-state index >= 15 is 0 Å². The van der Waals surface area contributed by atoms with Crippen LogP contribution in [0.25, 0.3) is 0 Å². The fourth-order valence-corrected chi connectivity index (χ4v) is 3.85. The Morgan fingerprint density at radius 1 is 1.53 bits per heavy atom. The first-order valence-electron chi connectivity index (χ1n) is 6.41. The second-order valence-corrected chi connectivity index (χ2v) is 6.25. The van der Waals surface area contributed by atoms with E-state index in [4.69, 9.17) is 15.2 Å². The van der Waals surface area contributed by atoms with Crippen molar-refractivity contribution in [2.24, 2.45) is 12.8 Å². The summed E-state index contributed by atoms with van der Waals surface area (Å²) < 4.78 is 13.0. The van der Waals surface area contributed by atoms with Crippen LogP contribution in [-0.2, 0) is 16.5 Å². The number of rotatable bonds is 2. The molecule has 0 bridgehead atoms. The molecule has 106 valence electrons. The zero-order valence-corrected chi connectivity index (χ0v) is 11.6. The van der Waals surface area contributed by atoms with Crippen molar-refractivity contribution < 1.29 is 9.47 Å². The maximum atomic E-state index is 11.4. The standard InChI is InChI=1S/C11H18N4O3S/c1-15-9(16)13-14-10(15)19-8-6-11(3-2-7(8)12)17-4-5-18-11/h7-8H,2-6,12H2,1H3,(H,13,16). The van der Waals surface area contributed by atoms with Crippen molar-refractivity contribution in [2.75, 3.05) is 13.2 Å². The van der Waals surface area contributed by atoms with Crippen LogP contribution in [0, 0.1) is 0 Å². The molecule has 1 saturated carbocycles. The van der Waals surface area contributed by atoms with E-state index in [0.29, 0.717) is 18.4 Å². The van der Waals surface area contributed by atoms with Crippen LogP contribution in [0.15, 0.2) is 9.95 Å². The zero-order chi connectivity index (χ0) is 13.5. The van der Waals surface area contributed by atoms with Crippen molar-refractivity contribution in [1.82, 2.24) is 14.8 Å². The molecule has 1 aromatic rings. The van der Waals surface area contributed by atoms with Crippen LogP contribution in [0.2, 0.25) is 0 Å². The van der Waals surface area contributed by atoms with Gasteiger partial charge in [-0.25, -0.2) is 9.89 Å². The number of ether oxygens (including phenoxy) is 2. The first-order chi connectivity index (χ1) is 9.10. The largest absolute Gasteiger partial charge is 0.347 e. The minimum Gasteiger partial charge on any atom is -0.347 e. The quantitative estimate of drug-likeness (QED) is 0.783. The third-order valence-corrected chi connectivity index (χ3v) is 5.15. The summed E-state index contributed by atoms with van der Waals surface area (Å²) in [4.78, 5) is 11.4. The predicted molar refractivity (Wildman–Crippen MR) is 69.9 cm³/mol. The molecule has 0 amide bonds. The van der Waals surface area contributed by atoms with Gasteiger partial charge in [0.1, 0.15) is 0 Å². The van der Waals surface area contributed by atoms with E-state index in [-0.39, 0.29) is 17.0 Å². The normalized spacial score (nSPS) is 30.0. The van der Waals surface area contributed by atoms with Gasteiger partial charge in [-0.3, -0.25) is 4.57 Å². The second-order valence-electron chi connectivity index (χ2n) is 5.04. The van der Waals surface area contributed by atoms with Crippen LogP contribution >= 0.6 is 11.8 Å². The number of aromatic amines is 1. The summed E-state index contributed by atoms with van der Waals surface area (Å²) in [6.45, 7) is 1.29.